The number of carbonyl (C=O) groups is 3. The first-order valence-electron chi connectivity index (χ1n) is 3.08. The highest BCUT2D eigenvalue weighted by Crippen LogP contribution is 2.10. The first-order chi connectivity index (χ1) is 5.04. The molecule has 0 bridgehead atoms. The van der Waals surface area contributed by atoms with E-state index in [4.69, 9.17) is 0 Å². The molecule has 4 heteroatoms. The van der Waals surface area contributed by atoms with Crippen molar-refractivity contribution in [3.05, 3.63) is 11.6 Å². The summed E-state index contributed by atoms with van der Waals surface area (Å²) in [5.41, 5.74) is -0.0301. The molecule has 0 unspecified atom stereocenters. The summed E-state index contributed by atoms with van der Waals surface area (Å²) in [6, 6.07) is 0. The van der Waals surface area contributed by atoms with Gasteiger partial charge < -0.3 is 0 Å². The van der Waals surface area contributed by atoms with Crippen LogP contribution < -0.4 is 0 Å². The molecule has 0 radical (unpaired) electrons. The highest BCUT2D eigenvalue weighted by Gasteiger charge is 2.29. The van der Waals surface area contributed by atoms with Crippen LogP contribution in [0.25, 0.3) is 0 Å². The minimum Gasteiger partial charge on any atom is -0.294 e. The van der Waals surface area contributed by atoms with Crippen LogP contribution in [0.1, 0.15) is 6.92 Å². The second-order valence-corrected chi connectivity index (χ2v) is 2.32. The lowest BCUT2D eigenvalue weighted by Crippen LogP contribution is -2.27. The van der Waals surface area contributed by atoms with Gasteiger partial charge in [-0.3, -0.25) is 19.3 Å². The van der Waals surface area contributed by atoms with Crippen molar-refractivity contribution in [1.82, 2.24) is 4.90 Å². The Morgan fingerprint density at radius 2 is 2.00 bits per heavy atom. The van der Waals surface area contributed by atoms with Crippen molar-refractivity contribution < 1.29 is 14.4 Å². The van der Waals surface area contributed by atoms with Gasteiger partial charge in [0.05, 0.1) is 5.57 Å². The monoisotopic (exact) mass is 153 g/mol. The van der Waals surface area contributed by atoms with Crippen molar-refractivity contribution in [1.29, 1.82) is 0 Å². The van der Waals surface area contributed by atoms with E-state index in [2.05, 4.69) is 0 Å². The lowest BCUT2D eigenvalue weighted by atomic mass is 10.2. The lowest BCUT2D eigenvalue weighted by Gasteiger charge is -2.04. The van der Waals surface area contributed by atoms with Gasteiger partial charge in [0.25, 0.3) is 11.8 Å². The van der Waals surface area contributed by atoms with Gasteiger partial charge >= 0.3 is 0 Å². The molecule has 0 saturated carbocycles. The maximum atomic E-state index is 11.0. The zero-order valence-electron chi connectivity index (χ0n) is 6.25. The largest absolute Gasteiger partial charge is 0.294 e. The van der Waals surface area contributed by atoms with Crippen LogP contribution in [0.4, 0.5) is 0 Å². The second kappa shape index (κ2) is 2.30. The first-order valence-corrected chi connectivity index (χ1v) is 3.08. The molecule has 0 aliphatic carbocycles. The lowest BCUT2D eigenvalue weighted by molar-refractivity contribution is -0.135. The Morgan fingerprint density at radius 1 is 1.45 bits per heavy atom. The predicted octanol–water partition coefficient (Wildman–Crippen LogP) is -0.500. The van der Waals surface area contributed by atoms with Gasteiger partial charge in [-0.1, -0.05) is 0 Å². The van der Waals surface area contributed by atoms with Crippen LogP contribution >= 0.6 is 0 Å². The molecule has 58 valence electrons. The summed E-state index contributed by atoms with van der Waals surface area (Å²) in [6.07, 6.45) is 1.06. The third-order valence-corrected chi connectivity index (χ3v) is 1.51. The SMILES string of the molecule is CC(=O)C1=CC(=O)N(C)C1=O. The molecule has 1 aliphatic rings. The van der Waals surface area contributed by atoms with Crippen LogP contribution in [0.2, 0.25) is 0 Å². The van der Waals surface area contributed by atoms with Crippen LogP contribution in [0.5, 0.6) is 0 Å². The molecule has 11 heavy (non-hydrogen) atoms. The molecular weight excluding hydrogens is 146 g/mol. The average molecular weight is 153 g/mol. The Morgan fingerprint density at radius 3 is 2.18 bits per heavy atom. The molecule has 0 fully saturated rings. The zero-order chi connectivity index (χ0) is 8.59. The summed E-state index contributed by atoms with van der Waals surface area (Å²) < 4.78 is 0. The molecular formula is C7H7NO3. The van der Waals surface area contributed by atoms with Crippen molar-refractivity contribution >= 4 is 17.6 Å². The van der Waals surface area contributed by atoms with Gasteiger partial charge in [0.1, 0.15) is 0 Å². The number of hydrogen-bond acceptors (Lipinski definition) is 3. The van der Waals surface area contributed by atoms with E-state index in [1.54, 1.807) is 0 Å². The van der Waals surface area contributed by atoms with Gasteiger partial charge in [0.2, 0.25) is 0 Å². The molecule has 1 aliphatic heterocycles. The minimum absolute atomic E-state index is 0.0301. The number of nitrogens with zero attached hydrogens (tertiary/aromatic N) is 1. The van der Waals surface area contributed by atoms with Crippen LogP contribution in [-0.2, 0) is 14.4 Å². The molecule has 4 nitrogen and oxygen atoms in total. The molecule has 1 rings (SSSR count). The van der Waals surface area contributed by atoms with Crippen molar-refractivity contribution in [3.8, 4) is 0 Å². The summed E-state index contributed by atoms with van der Waals surface area (Å²) in [5.74, 6) is -1.31. The minimum atomic E-state index is -0.512. The first kappa shape index (κ1) is 7.65. The maximum Gasteiger partial charge on any atom is 0.264 e. The van der Waals surface area contributed by atoms with E-state index >= 15 is 0 Å². The summed E-state index contributed by atoms with van der Waals surface area (Å²) >= 11 is 0. The summed E-state index contributed by atoms with van der Waals surface area (Å²) in [5, 5.41) is 0. The van der Waals surface area contributed by atoms with E-state index < -0.39 is 11.8 Å². The molecule has 0 N–H and O–H groups in total. The molecule has 2 amide bonds. The Hall–Kier alpha value is -1.45. The van der Waals surface area contributed by atoms with E-state index in [-0.39, 0.29) is 11.4 Å². The molecule has 0 atom stereocenters. The summed E-state index contributed by atoms with van der Waals surface area (Å²) in [7, 11) is 1.34. The zero-order valence-corrected chi connectivity index (χ0v) is 6.25. The average Bonchev–Trinajstić information content (AvgIpc) is 2.17. The number of imide groups is 1. The molecule has 1 heterocycles. The highest BCUT2D eigenvalue weighted by molar-refractivity contribution is 6.29. The van der Waals surface area contributed by atoms with Crippen molar-refractivity contribution in [2.45, 2.75) is 6.92 Å². The number of Topliss-reactive ketones (excluding diaryl/α,β-unsaturated/α-hetero) is 1. The Balaban J connectivity index is 3.02. The smallest absolute Gasteiger partial charge is 0.264 e. The van der Waals surface area contributed by atoms with Crippen LogP contribution in [0.15, 0.2) is 11.6 Å². The standard InChI is InChI=1S/C7H7NO3/c1-4(9)5-3-6(10)8(2)7(5)11/h3H,1-2H3. The topological polar surface area (TPSA) is 54.5 Å². The second-order valence-electron chi connectivity index (χ2n) is 2.32. The fraction of sp³-hybridized carbons (Fsp3) is 0.286. The van der Waals surface area contributed by atoms with Gasteiger partial charge in [0.15, 0.2) is 5.78 Å². The summed E-state index contributed by atoms with van der Waals surface area (Å²) in [4.78, 5) is 33.3. The predicted molar refractivity (Wildman–Crippen MR) is 36.5 cm³/mol. The Bertz CT molecular complexity index is 277. The normalized spacial score (nSPS) is 17.3. The number of hydrogen-bond donors (Lipinski definition) is 0. The fourth-order valence-corrected chi connectivity index (χ4v) is 0.815. The van der Waals surface area contributed by atoms with Crippen LogP contribution in [0.3, 0.4) is 0 Å². The van der Waals surface area contributed by atoms with Gasteiger partial charge in [-0.25, -0.2) is 0 Å². The van der Waals surface area contributed by atoms with E-state index in [9.17, 15) is 14.4 Å². The number of ketones is 1. The van der Waals surface area contributed by atoms with E-state index in [0.29, 0.717) is 0 Å². The third-order valence-electron chi connectivity index (χ3n) is 1.51. The number of amides is 2. The molecule has 0 aromatic rings. The van der Waals surface area contributed by atoms with Gasteiger partial charge in [-0.15, -0.1) is 0 Å². The van der Waals surface area contributed by atoms with Crippen LogP contribution in [0, 0.1) is 0 Å². The Labute approximate surface area is 63.5 Å². The number of likely N-dealkylation sites (N-methyl/N-ethyl adjacent to an activating group) is 1. The molecule has 0 saturated heterocycles. The van der Waals surface area contributed by atoms with E-state index in [0.717, 1.165) is 11.0 Å². The van der Waals surface area contributed by atoms with E-state index in [1.807, 2.05) is 0 Å². The van der Waals surface area contributed by atoms with E-state index in [1.165, 1.54) is 14.0 Å². The van der Waals surface area contributed by atoms with Gasteiger partial charge in [0, 0.05) is 13.1 Å². The Kier molecular flexibility index (Phi) is 1.60. The highest BCUT2D eigenvalue weighted by atomic mass is 16.2. The van der Waals surface area contributed by atoms with Crippen molar-refractivity contribution in [3.63, 3.8) is 0 Å². The van der Waals surface area contributed by atoms with Crippen LogP contribution in [-0.4, -0.2) is 29.5 Å². The van der Waals surface area contributed by atoms with Gasteiger partial charge in [-0.2, -0.15) is 0 Å². The number of rotatable bonds is 1. The van der Waals surface area contributed by atoms with Gasteiger partial charge in [-0.05, 0) is 6.92 Å². The van der Waals surface area contributed by atoms with Crippen molar-refractivity contribution in [2.75, 3.05) is 7.05 Å². The summed E-state index contributed by atoms with van der Waals surface area (Å²) in [6.45, 7) is 1.26. The maximum absolute atomic E-state index is 11.0. The molecule has 0 spiro atoms. The molecule has 0 aromatic carbocycles. The molecule has 0 aromatic heterocycles. The quantitative estimate of drug-likeness (QED) is 0.377. The number of carbonyl (C=O) groups excluding carboxylic acids is 3. The third kappa shape index (κ3) is 1.07. The van der Waals surface area contributed by atoms with Crippen molar-refractivity contribution in [2.24, 2.45) is 0 Å². The fourth-order valence-electron chi connectivity index (χ4n) is 0.815.